The van der Waals surface area contributed by atoms with E-state index in [1.807, 2.05) is 26.0 Å². The van der Waals surface area contributed by atoms with Crippen molar-refractivity contribution in [3.8, 4) is 11.3 Å². The first kappa shape index (κ1) is 11.4. The van der Waals surface area contributed by atoms with E-state index in [0.717, 1.165) is 16.8 Å². The molecule has 1 aromatic carbocycles. The maximum atomic E-state index is 11.5. The molecule has 1 heterocycles. The van der Waals surface area contributed by atoms with Gasteiger partial charge in [0, 0.05) is 12.6 Å². The number of aryl methyl sites for hydroxylation is 3. The smallest absolute Gasteiger partial charge is 0.289 e. The van der Waals surface area contributed by atoms with E-state index < -0.39 is 0 Å². The van der Waals surface area contributed by atoms with Crippen molar-refractivity contribution in [3.63, 3.8) is 0 Å². The van der Waals surface area contributed by atoms with Crippen molar-refractivity contribution in [1.29, 1.82) is 0 Å². The summed E-state index contributed by atoms with van der Waals surface area (Å²) in [7, 11) is 1.60. The van der Waals surface area contributed by atoms with Crippen LogP contribution < -0.4 is 11.3 Å². The van der Waals surface area contributed by atoms with E-state index in [9.17, 15) is 4.79 Å². The van der Waals surface area contributed by atoms with Gasteiger partial charge >= 0.3 is 0 Å². The summed E-state index contributed by atoms with van der Waals surface area (Å²) in [5, 5.41) is 4.22. The zero-order valence-electron chi connectivity index (χ0n) is 10.2. The number of rotatable bonds is 1. The van der Waals surface area contributed by atoms with E-state index in [1.54, 1.807) is 13.1 Å². The summed E-state index contributed by atoms with van der Waals surface area (Å²) in [4.78, 5) is 11.5. The number of aromatic nitrogens is 2. The minimum atomic E-state index is -0.265. The number of nitrogens with two attached hydrogens (primary N) is 1. The normalized spacial score (nSPS) is 10.5. The molecular weight excluding hydrogens is 214 g/mol. The standard InChI is InChI=1S/C13H15N3O/c1-8-4-5-10(9(2)6-8)12-7-11(14)13(17)16(3)15-12/h4-7H,14H2,1-3H3. The Hall–Kier alpha value is -2.10. The van der Waals surface area contributed by atoms with Gasteiger partial charge in [-0.3, -0.25) is 4.79 Å². The predicted octanol–water partition coefficient (Wildman–Crippen LogP) is 1.65. The Bertz CT molecular complexity index is 603. The van der Waals surface area contributed by atoms with E-state index in [1.165, 1.54) is 10.2 Å². The summed E-state index contributed by atoms with van der Waals surface area (Å²) < 4.78 is 1.27. The van der Waals surface area contributed by atoms with E-state index in [-0.39, 0.29) is 11.2 Å². The molecule has 0 saturated heterocycles. The molecule has 0 unspecified atom stereocenters. The van der Waals surface area contributed by atoms with Gasteiger partial charge in [-0.1, -0.05) is 23.8 Å². The van der Waals surface area contributed by atoms with Crippen LogP contribution in [-0.4, -0.2) is 9.78 Å². The van der Waals surface area contributed by atoms with Gasteiger partial charge in [-0.05, 0) is 25.5 Å². The van der Waals surface area contributed by atoms with Crippen molar-refractivity contribution >= 4 is 5.69 Å². The average Bonchev–Trinajstić information content (AvgIpc) is 2.25. The SMILES string of the molecule is Cc1ccc(-c2cc(N)c(=O)n(C)n2)c(C)c1. The van der Waals surface area contributed by atoms with Crippen LogP contribution in [0.25, 0.3) is 11.3 Å². The van der Waals surface area contributed by atoms with Gasteiger partial charge in [0.25, 0.3) is 5.56 Å². The fourth-order valence-electron chi connectivity index (χ4n) is 1.86. The lowest BCUT2D eigenvalue weighted by Crippen LogP contribution is -2.22. The molecule has 0 aliphatic carbocycles. The topological polar surface area (TPSA) is 60.9 Å². The Kier molecular flexibility index (Phi) is 2.71. The third-order valence-corrected chi connectivity index (χ3v) is 2.75. The Morgan fingerprint density at radius 2 is 1.94 bits per heavy atom. The summed E-state index contributed by atoms with van der Waals surface area (Å²) in [5.41, 5.74) is 9.66. The molecule has 0 aliphatic heterocycles. The van der Waals surface area contributed by atoms with Gasteiger partial charge in [0.05, 0.1) is 5.69 Å². The quantitative estimate of drug-likeness (QED) is 0.808. The van der Waals surface area contributed by atoms with Crippen LogP contribution >= 0.6 is 0 Å². The second kappa shape index (κ2) is 4.05. The summed E-state index contributed by atoms with van der Waals surface area (Å²) >= 11 is 0. The molecule has 0 atom stereocenters. The minimum absolute atomic E-state index is 0.220. The second-order valence-corrected chi connectivity index (χ2v) is 4.23. The highest BCUT2D eigenvalue weighted by Crippen LogP contribution is 2.22. The highest BCUT2D eigenvalue weighted by molar-refractivity contribution is 5.66. The van der Waals surface area contributed by atoms with Crippen LogP contribution in [0.3, 0.4) is 0 Å². The molecule has 0 radical (unpaired) electrons. The number of nitrogens with zero attached hydrogens (tertiary/aromatic N) is 2. The minimum Gasteiger partial charge on any atom is -0.394 e. The van der Waals surface area contributed by atoms with Crippen molar-refractivity contribution in [2.24, 2.45) is 7.05 Å². The predicted molar refractivity (Wildman–Crippen MR) is 68.8 cm³/mol. The van der Waals surface area contributed by atoms with Crippen LogP contribution in [0, 0.1) is 13.8 Å². The molecule has 0 spiro atoms. The zero-order valence-corrected chi connectivity index (χ0v) is 10.2. The number of hydrogen-bond donors (Lipinski definition) is 1. The maximum absolute atomic E-state index is 11.5. The van der Waals surface area contributed by atoms with Crippen molar-refractivity contribution in [2.45, 2.75) is 13.8 Å². The van der Waals surface area contributed by atoms with Crippen molar-refractivity contribution in [2.75, 3.05) is 5.73 Å². The lowest BCUT2D eigenvalue weighted by Gasteiger charge is -2.08. The first-order valence-electron chi connectivity index (χ1n) is 5.40. The van der Waals surface area contributed by atoms with Crippen LogP contribution in [0.15, 0.2) is 29.1 Å². The monoisotopic (exact) mass is 229 g/mol. The Morgan fingerprint density at radius 1 is 1.24 bits per heavy atom. The molecular formula is C13H15N3O. The van der Waals surface area contributed by atoms with Crippen LogP contribution in [-0.2, 0) is 7.05 Å². The largest absolute Gasteiger partial charge is 0.394 e. The Labute approximate surface area is 99.7 Å². The molecule has 0 fully saturated rings. The highest BCUT2D eigenvalue weighted by Gasteiger charge is 2.07. The number of hydrogen-bond acceptors (Lipinski definition) is 3. The van der Waals surface area contributed by atoms with Crippen LogP contribution in [0.5, 0.6) is 0 Å². The molecule has 2 N–H and O–H groups in total. The Balaban J connectivity index is 2.65. The molecule has 88 valence electrons. The third-order valence-electron chi connectivity index (χ3n) is 2.75. The zero-order chi connectivity index (χ0) is 12.6. The molecule has 2 rings (SSSR count). The number of anilines is 1. The van der Waals surface area contributed by atoms with E-state index in [4.69, 9.17) is 5.73 Å². The fourth-order valence-corrected chi connectivity index (χ4v) is 1.86. The van der Waals surface area contributed by atoms with Gasteiger partial charge in [-0.15, -0.1) is 0 Å². The summed E-state index contributed by atoms with van der Waals surface area (Å²) in [6.45, 7) is 4.06. The van der Waals surface area contributed by atoms with Crippen LogP contribution in [0.4, 0.5) is 5.69 Å². The van der Waals surface area contributed by atoms with Crippen LogP contribution in [0.2, 0.25) is 0 Å². The van der Waals surface area contributed by atoms with E-state index in [2.05, 4.69) is 11.2 Å². The fraction of sp³-hybridized carbons (Fsp3) is 0.231. The molecule has 1 aromatic heterocycles. The van der Waals surface area contributed by atoms with E-state index >= 15 is 0 Å². The molecule has 2 aromatic rings. The first-order valence-corrected chi connectivity index (χ1v) is 5.40. The van der Waals surface area contributed by atoms with Crippen LogP contribution in [0.1, 0.15) is 11.1 Å². The van der Waals surface area contributed by atoms with Crippen molar-refractivity contribution in [3.05, 3.63) is 45.7 Å². The van der Waals surface area contributed by atoms with Gasteiger partial charge in [0.15, 0.2) is 0 Å². The lowest BCUT2D eigenvalue weighted by molar-refractivity contribution is 0.715. The van der Waals surface area contributed by atoms with Gasteiger partial charge in [-0.25, -0.2) is 4.68 Å². The first-order chi connectivity index (χ1) is 7.99. The molecule has 17 heavy (non-hydrogen) atoms. The van der Waals surface area contributed by atoms with Crippen molar-refractivity contribution < 1.29 is 0 Å². The number of nitrogen functional groups attached to an aromatic ring is 1. The molecule has 0 aliphatic rings. The number of benzene rings is 1. The molecule has 0 amide bonds. The van der Waals surface area contributed by atoms with Gasteiger partial charge in [0.2, 0.25) is 0 Å². The summed E-state index contributed by atoms with van der Waals surface area (Å²) in [6.07, 6.45) is 0. The second-order valence-electron chi connectivity index (χ2n) is 4.23. The molecule has 4 nitrogen and oxygen atoms in total. The highest BCUT2D eigenvalue weighted by atomic mass is 16.1. The van der Waals surface area contributed by atoms with E-state index in [0.29, 0.717) is 0 Å². The van der Waals surface area contributed by atoms with Gasteiger partial charge < -0.3 is 5.73 Å². The summed E-state index contributed by atoms with van der Waals surface area (Å²) in [5.74, 6) is 0. The summed E-state index contributed by atoms with van der Waals surface area (Å²) in [6, 6.07) is 7.72. The van der Waals surface area contributed by atoms with Crippen molar-refractivity contribution in [1.82, 2.24) is 9.78 Å². The maximum Gasteiger partial charge on any atom is 0.289 e. The van der Waals surface area contributed by atoms with Gasteiger partial charge in [-0.2, -0.15) is 5.10 Å². The Morgan fingerprint density at radius 3 is 2.53 bits per heavy atom. The molecule has 4 heteroatoms. The third kappa shape index (κ3) is 2.06. The molecule has 0 bridgehead atoms. The van der Waals surface area contributed by atoms with Gasteiger partial charge in [0.1, 0.15) is 5.69 Å². The lowest BCUT2D eigenvalue weighted by atomic mass is 10.0. The average molecular weight is 229 g/mol. The molecule has 0 saturated carbocycles.